The molecule has 3 N–H and O–H groups in total. The Balaban J connectivity index is 2.12. The van der Waals surface area contributed by atoms with Crippen LogP contribution in [0.15, 0.2) is 0 Å². The molecule has 1 unspecified atom stereocenters. The zero-order valence-corrected chi connectivity index (χ0v) is 8.83. The van der Waals surface area contributed by atoms with Gasteiger partial charge in [0, 0.05) is 25.1 Å². The number of nitrogens with one attached hydrogen (secondary N) is 1. The third-order valence-corrected chi connectivity index (χ3v) is 2.77. The first-order valence-corrected chi connectivity index (χ1v) is 5.20. The van der Waals surface area contributed by atoms with E-state index in [1.807, 2.05) is 6.92 Å². The normalized spacial score (nSPS) is 22.9. The fraction of sp³-hybridized carbons (Fsp3) is 1.00. The van der Waals surface area contributed by atoms with Crippen LogP contribution in [0.2, 0.25) is 0 Å². The number of aliphatic hydroxyl groups is 2. The Hall–Kier alpha value is -0.160. The molecule has 0 aromatic heterocycles. The van der Waals surface area contributed by atoms with E-state index in [1.165, 1.54) is 0 Å². The predicted octanol–water partition coefficient (Wildman–Crippen LogP) is -0.397. The molecule has 1 atom stereocenters. The number of hydrogen-bond donors (Lipinski definition) is 3. The summed E-state index contributed by atoms with van der Waals surface area (Å²) in [6.45, 7) is 5.15. The number of rotatable bonds is 6. The Kier molecular flexibility index (Phi) is 4.81. The molecule has 14 heavy (non-hydrogen) atoms. The summed E-state index contributed by atoms with van der Waals surface area (Å²) in [5.74, 6) is 0.594. The molecule has 1 heterocycles. The summed E-state index contributed by atoms with van der Waals surface area (Å²) in [6.07, 6.45) is 1.11. The third kappa shape index (κ3) is 3.53. The van der Waals surface area contributed by atoms with Crippen LogP contribution < -0.4 is 5.32 Å². The van der Waals surface area contributed by atoms with E-state index >= 15 is 0 Å². The molecule has 0 aromatic carbocycles. The minimum atomic E-state index is -0.403. The number of ether oxygens (including phenoxy) is 1. The van der Waals surface area contributed by atoms with Gasteiger partial charge in [-0.15, -0.1) is 0 Å². The lowest BCUT2D eigenvalue weighted by atomic mass is 9.93. The average Bonchev–Trinajstić information content (AvgIpc) is 2.70. The lowest BCUT2D eigenvalue weighted by Gasteiger charge is -2.25. The Morgan fingerprint density at radius 2 is 2.14 bits per heavy atom. The summed E-state index contributed by atoms with van der Waals surface area (Å²) >= 11 is 0. The van der Waals surface area contributed by atoms with Crippen LogP contribution >= 0.6 is 0 Å². The minimum Gasteiger partial charge on any atom is -0.396 e. The highest BCUT2D eigenvalue weighted by Gasteiger charge is 2.23. The Morgan fingerprint density at radius 3 is 2.64 bits per heavy atom. The molecule has 0 aliphatic carbocycles. The van der Waals surface area contributed by atoms with Crippen molar-refractivity contribution in [3.8, 4) is 0 Å². The molecular weight excluding hydrogens is 182 g/mol. The minimum absolute atomic E-state index is 0.0116. The van der Waals surface area contributed by atoms with Crippen LogP contribution in [-0.2, 0) is 4.74 Å². The topological polar surface area (TPSA) is 61.7 Å². The van der Waals surface area contributed by atoms with Gasteiger partial charge in [0.05, 0.1) is 19.8 Å². The van der Waals surface area contributed by atoms with E-state index in [0.29, 0.717) is 12.5 Å². The highest BCUT2D eigenvalue weighted by atomic mass is 16.5. The van der Waals surface area contributed by atoms with Crippen molar-refractivity contribution in [3.63, 3.8) is 0 Å². The van der Waals surface area contributed by atoms with Gasteiger partial charge in [0.1, 0.15) is 0 Å². The molecule has 0 spiro atoms. The Bertz CT molecular complexity index is 153. The fourth-order valence-corrected chi connectivity index (χ4v) is 1.48. The molecule has 4 nitrogen and oxygen atoms in total. The molecule has 1 fully saturated rings. The second kappa shape index (κ2) is 5.66. The number of hydrogen-bond acceptors (Lipinski definition) is 4. The maximum Gasteiger partial charge on any atom is 0.0518 e. The first-order valence-electron chi connectivity index (χ1n) is 5.20. The Labute approximate surface area is 85.3 Å². The lowest BCUT2D eigenvalue weighted by Crippen LogP contribution is -2.39. The molecule has 0 aromatic rings. The fourth-order valence-electron chi connectivity index (χ4n) is 1.48. The van der Waals surface area contributed by atoms with E-state index in [-0.39, 0.29) is 13.2 Å². The molecule has 1 aliphatic heterocycles. The molecule has 0 saturated carbocycles. The predicted molar refractivity (Wildman–Crippen MR) is 54.1 cm³/mol. The van der Waals surface area contributed by atoms with Crippen LogP contribution in [0.4, 0.5) is 0 Å². The van der Waals surface area contributed by atoms with Crippen LogP contribution in [0.5, 0.6) is 0 Å². The average molecular weight is 203 g/mol. The van der Waals surface area contributed by atoms with Gasteiger partial charge >= 0.3 is 0 Å². The van der Waals surface area contributed by atoms with Crippen molar-refractivity contribution in [2.24, 2.45) is 11.3 Å². The summed E-state index contributed by atoms with van der Waals surface area (Å²) in [5, 5.41) is 21.4. The smallest absolute Gasteiger partial charge is 0.0518 e. The summed E-state index contributed by atoms with van der Waals surface area (Å²) in [4.78, 5) is 0. The highest BCUT2D eigenvalue weighted by Crippen LogP contribution is 2.14. The maximum atomic E-state index is 9.05. The van der Waals surface area contributed by atoms with Crippen molar-refractivity contribution < 1.29 is 14.9 Å². The summed E-state index contributed by atoms with van der Waals surface area (Å²) < 4.78 is 5.25. The first kappa shape index (κ1) is 11.9. The van der Waals surface area contributed by atoms with Crippen molar-refractivity contribution in [2.75, 3.05) is 39.5 Å². The highest BCUT2D eigenvalue weighted by molar-refractivity contribution is 4.76. The standard InChI is InChI=1S/C10H21NO3/c1-10(7-12,8-13)6-11-4-9-2-3-14-5-9/h9,11-13H,2-8H2,1H3. The van der Waals surface area contributed by atoms with Gasteiger partial charge < -0.3 is 20.3 Å². The van der Waals surface area contributed by atoms with Crippen LogP contribution in [-0.4, -0.2) is 49.7 Å². The second-order valence-electron chi connectivity index (χ2n) is 4.49. The van der Waals surface area contributed by atoms with Gasteiger partial charge in [0.2, 0.25) is 0 Å². The monoisotopic (exact) mass is 203 g/mol. The van der Waals surface area contributed by atoms with Crippen molar-refractivity contribution in [1.29, 1.82) is 0 Å². The van der Waals surface area contributed by atoms with Crippen molar-refractivity contribution >= 4 is 0 Å². The summed E-state index contributed by atoms with van der Waals surface area (Å²) in [5.41, 5.74) is -0.403. The van der Waals surface area contributed by atoms with Crippen LogP contribution in [0, 0.1) is 11.3 Å². The molecule has 1 saturated heterocycles. The van der Waals surface area contributed by atoms with Crippen molar-refractivity contribution in [2.45, 2.75) is 13.3 Å². The van der Waals surface area contributed by atoms with Gasteiger partial charge in [0.15, 0.2) is 0 Å². The first-order chi connectivity index (χ1) is 6.70. The molecule has 0 radical (unpaired) electrons. The van der Waals surface area contributed by atoms with Gasteiger partial charge in [-0.1, -0.05) is 6.92 Å². The van der Waals surface area contributed by atoms with E-state index in [0.717, 1.165) is 26.2 Å². The third-order valence-electron chi connectivity index (χ3n) is 2.77. The van der Waals surface area contributed by atoms with Crippen LogP contribution in [0.25, 0.3) is 0 Å². The zero-order chi connectivity index (χ0) is 10.4. The quantitative estimate of drug-likeness (QED) is 0.550. The van der Waals surface area contributed by atoms with Crippen LogP contribution in [0.1, 0.15) is 13.3 Å². The van der Waals surface area contributed by atoms with Gasteiger partial charge in [-0.25, -0.2) is 0 Å². The molecule has 4 heteroatoms. The zero-order valence-electron chi connectivity index (χ0n) is 8.83. The summed E-state index contributed by atoms with van der Waals surface area (Å²) in [7, 11) is 0. The van der Waals surface area contributed by atoms with Crippen molar-refractivity contribution in [1.82, 2.24) is 5.32 Å². The van der Waals surface area contributed by atoms with E-state index < -0.39 is 5.41 Å². The van der Waals surface area contributed by atoms with E-state index in [9.17, 15) is 0 Å². The molecule has 1 rings (SSSR count). The molecule has 0 amide bonds. The SMILES string of the molecule is CC(CO)(CO)CNCC1CCOC1. The van der Waals surface area contributed by atoms with Gasteiger partial charge in [-0.3, -0.25) is 0 Å². The summed E-state index contributed by atoms with van der Waals surface area (Å²) in [6, 6.07) is 0. The van der Waals surface area contributed by atoms with Gasteiger partial charge in [0.25, 0.3) is 0 Å². The van der Waals surface area contributed by atoms with Crippen LogP contribution in [0.3, 0.4) is 0 Å². The Morgan fingerprint density at radius 1 is 1.43 bits per heavy atom. The molecular formula is C10H21NO3. The maximum absolute atomic E-state index is 9.05. The van der Waals surface area contributed by atoms with Crippen molar-refractivity contribution in [3.05, 3.63) is 0 Å². The molecule has 0 bridgehead atoms. The van der Waals surface area contributed by atoms with E-state index in [2.05, 4.69) is 5.32 Å². The van der Waals surface area contributed by atoms with Gasteiger partial charge in [-0.05, 0) is 12.3 Å². The largest absolute Gasteiger partial charge is 0.396 e. The molecule has 1 aliphatic rings. The molecule has 84 valence electrons. The van der Waals surface area contributed by atoms with E-state index in [4.69, 9.17) is 14.9 Å². The second-order valence-corrected chi connectivity index (χ2v) is 4.49. The number of aliphatic hydroxyl groups excluding tert-OH is 2. The van der Waals surface area contributed by atoms with Gasteiger partial charge in [-0.2, -0.15) is 0 Å². The van der Waals surface area contributed by atoms with E-state index in [1.54, 1.807) is 0 Å². The lowest BCUT2D eigenvalue weighted by molar-refractivity contribution is 0.0687.